The Hall–Kier alpha value is -2.04. The molecule has 4 nitrogen and oxygen atoms in total. The topological polar surface area (TPSA) is 50.5 Å². The van der Waals surface area contributed by atoms with E-state index in [9.17, 15) is 0 Å². The molecule has 0 radical (unpaired) electrons. The number of nitrogens with one attached hydrogen (secondary N) is 1. The molecule has 136 valence electrons. The van der Waals surface area contributed by atoms with Crippen molar-refractivity contribution >= 4 is 11.4 Å². The van der Waals surface area contributed by atoms with Crippen molar-refractivity contribution in [1.82, 2.24) is 5.32 Å². The van der Waals surface area contributed by atoms with Crippen LogP contribution in [0.25, 0.3) is 0 Å². The molecule has 2 rings (SSSR count). The number of hydrogen-bond acceptors (Lipinski definition) is 4. The van der Waals surface area contributed by atoms with Gasteiger partial charge in [-0.3, -0.25) is 5.32 Å². The molecule has 1 fully saturated rings. The average Bonchev–Trinajstić information content (AvgIpc) is 3.04. The minimum absolute atomic E-state index is 0.0723. The second-order valence-corrected chi connectivity index (χ2v) is 6.35. The normalized spacial score (nSPS) is 21.0. The maximum atomic E-state index is 6.19. The summed E-state index contributed by atoms with van der Waals surface area (Å²) in [5, 5.41) is 3.47. The van der Waals surface area contributed by atoms with Gasteiger partial charge in [0.2, 0.25) is 0 Å². The number of nitrogens with zero attached hydrogens (tertiary/aromatic N) is 1. The van der Waals surface area contributed by atoms with Gasteiger partial charge in [-0.2, -0.15) is 0 Å². The van der Waals surface area contributed by atoms with Crippen molar-refractivity contribution in [3.8, 4) is 0 Å². The first-order chi connectivity index (χ1) is 12.2. The Bertz CT molecular complexity index is 609. The van der Waals surface area contributed by atoms with Gasteiger partial charge in [-0.15, -0.1) is 0 Å². The number of allylic oxidation sites excluding steroid dienone is 4. The molecule has 2 unspecified atom stereocenters. The Labute approximate surface area is 152 Å². The Kier molecular flexibility index (Phi) is 7.76. The summed E-state index contributed by atoms with van der Waals surface area (Å²) in [5.41, 5.74) is 9.27. The molecule has 25 heavy (non-hydrogen) atoms. The van der Waals surface area contributed by atoms with Crippen LogP contribution < -0.4 is 16.0 Å². The number of rotatable bonds is 9. The Morgan fingerprint density at radius 3 is 2.84 bits per heavy atom. The first-order valence-electron chi connectivity index (χ1n) is 9.11. The van der Waals surface area contributed by atoms with E-state index in [1.165, 1.54) is 5.57 Å². The summed E-state index contributed by atoms with van der Waals surface area (Å²) >= 11 is 0. The lowest BCUT2D eigenvalue weighted by Gasteiger charge is -2.31. The molecule has 0 saturated carbocycles. The third-order valence-corrected chi connectivity index (χ3v) is 4.42. The van der Waals surface area contributed by atoms with Gasteiger partial charge in [0.25, 0.3) is 0 Å². The van der Waals surface area contributed by atoms with Crippen LogP contribution in [0.5, 0.6) is 0 Å². The van der Waals surface area contributed by atoms with E-state index in [0.29, 0.717) is 12.8 Å². The summed E-state index contributed by atoms with van der Waals surface area (Å²) in [7, 11) is 0. The molecule has 0 bridgehead atoms. The van der Waals surface area contributed by atoms with Gasteiger partial charge in [-0.25, -0.2) is 0 Å². The van der Waals surface area contributed by atoms with E-state index < -0.39 is 0 Å². The number of anilines is 2. The predicted octanol–water partition coefficient (Wildman–Crippen LogP) is 4.23. The van der Waals surface area contributed by atoms with Crippen molar-refractivity contribution in [2.24, 2.45) is 0 Å². The van der Waals surface area contributed by atoms with Gasteiger partial charge in [-0.1, -0.05) is 49.9 Å². The number of nitrogen functional groups attached to an aromatic ring is 1. The second kappa shape index (κ2) is 10.1. The zero-order valence-corrected chi connectivity index (χ0v) is 15.4. The molecule has 1 aliphatic heterocycles. The number of ether oxygens (including phenoxy) is 1. The van der Waals surface area contributed by atoms with E-state index in [0.717, 1.165) is 37.2 Å². The highest BCUT2D eigenvalue weighted by Crippen LogP contribution is 2.30. The maximum Gasteiger partial charge on any atom is 0.131 e. The second-order valence-electron chi connectivity index (χ2n) is 6.35. The third kappa shape index (κ3) is 5.76. The lowest BCUT2D eigenvalue weighted by molar-refractivity contribution is 0.0529. The Balaban J connectivity index is 1.98. The summed E-state index contributed by atoms with van der Waals surface area (Å²) in [6.07, 6.45) is 11.6. The van der Waals surface area contributed by atoms with E-state index in [1.54, 1.807) is 0 Å². The first kappa shape index (κ1) is 19.3. The van der Waals surface area contributed by atoms with Crippen LogP contribution in [0.15, 0.2) is 60.7 Å². The van der Waals surface area contributed by atoms with Gasteiger partial charge in [-0.05, 0) is 43.9 Å². The van der Waals surface area contributed by atoms with Gasteiger partial charge in [0, 0.05) is 6.54 Å². The van der Waals surface area contributed by atoms with E-state index in [2.05, 4.69) is 48.9 Å². The lowest BCUT2D eigenvalue weighted by Crippen LogP contribution is -2.42. The average molecular weight is 341 g/mol. The minimum atomic E-state index is 0.0723. The van der Waals surface area contributed by atoms with Crippen LogP contribution in [0.2, 0.25) is 0 Å². The van der Waals surface area contributed by atoms with Crippen LogP contribution in [-0.4, -0.2) is 25.5 Å². The zero-order valence-electron chi connectivity index (χ0n) is 15.4. The van der Waals surface area contributed by atoms with E-state index in [4.69, 9.17) is 10.5 Å². The summed E-state index contributed by atoms with van der Waals surface area (Å²) < 4.78 is 6.07. The molecular formula is C21H31N3O. The summed E-state index contributed by atoms with van der Waals surface area (Å²) in [5.74, 6) is 0. The quantitative estimate of drug-likeness (QED) is 0.305. The lowest BCUT2D eigenvalue weighted by atomic mass is 10.2. The fraction of sp³-hybridized carbons (Fsp3) is 0.429. The maximum absolute atomic E-state index is 6.19. The molecule has 3 N–H and O–H groups in total. The van der Waals surface area contributed by atoms with Gasteiger partial charge in [0.15, 0.2) is 0 Å². The molecule has 0 spiro atoms. The summed E-state index contributed by atoms with van der Waals surface area (Å²) in [6, 6.07) is 7.98. The summed E-state index contributed by atoms with van der Waals surface area (Å²) in [4.78, 5) is 2.23. The van der Waals surface area contributed by atoms with Crippen LogP contribution in [0.3, 0.4) is 0 Å². The highest BCUT2D eigenvalue weighted by atomic mass is 16.5. The van der Waals surface area contributed by atoms with Gasteiger partial charge in [0.05, 0.1) is 24.1 Å². The van der Waals surface area contributed by atoms with E-state index in [-0.39, 0.29) is 6.23 Å². The Morgan fingerprint density at radius 1 is 1.40 bits per heavy atom. The fourth-order valence-electron chi connectivity index (χ4n) is 3.02. The summed E-state index contributed by atoms with van der Waals surface area (Å²) in [6.45, 7) is 9.51. The van der Waals surface area contributed by atoms with E-state index in [1.807, 2.05) is 30.4 Å². The molecular weight excluding hydrogens is 310 g/mol. The van der Waals surface area contributed by atoms with Crippen LogP contribution in [0.4, 0.5) is 11.4 Å². The SMILES string of the molecule is C=C/C=C(\C=C\CNCN(c1ccccc1N)C1CCC(C)O1)CC. The number of benzene rings is 1. The van der Waals surface area contributed by atoms with Crippen molar-refractivity contribution in [3.63, 3.8) is 0 Å². The molecule has 2 atom stereocenters. The molecule has 1 aromatic rings. The number of hydrogen-bond donors (Lipinski definition) is 2. The molecule has 0 amide bonds. The fourth-order valence-corrected chi connectivity index (χ4v) is 3.02. The third-order valence-electron chi connectivity index (χ3n) is 4.42. The Morgan fingerprint density at radius 2 is 2.20 bits per heavy atom. The van der Waals surface area contributed by atoms with E-state index >= 15 is 0 Å². The number of nitrogens with two attached hydrogens (primary N) is 1. The first-order valence-corrected chi connectivity index (χ1v) is 9.11. The van der Waals surface area contributed by atoms with Crippen LogP contribution in [0.1, 0.15) is 33.1 Å². The zero-order chi connectivity index (χ0) is 18.1. The minimum Gasteiger partial charge on any atom is -0.397 e. The van der Waals surface area contributed by atoms with Crippen LogP contribution >= 0.6 is 0 Å². The van der Waals surface area contributed by atoms with Crippen molar-refractivity contribution in [3.05, 3.63) is 60.7 Å². The molecule has 4 heteroatoms. The molecule has 1 heterocycles. The van der Waals surface area contributed by atoms with Gasteiger partial charge >= 0.3 is 0 Å². The standard InChI is InChI=1S/C21H31N3O/c1-4-9-18(5-2)10-8-15-23-16-24(21-14-13-17(3)25-21)20-12-7-6-11-19(20)22/h4,6-12,17,21,23H,1,5,13-16,22H2,2-3H3/b10-8+,18-9-. The van der Waals surface area contributed by atoms with Crippen molar-refractivity contribution < 1.29 is 4.74 Å². The van der Waals surface area contributed by atoms with Gasteiger partial charge in [0.1, 0.15) is 6.23 Å². The molecule has 1 saturated heterocycles. The number of para-hydroxylation sites is 2. The molecule has 1 aliphatic rings. The van der Waals surface area contributed by atoms with Crippen molar-refractivity contribution in [2.45, 2.75) is 45.4 Å². The van der Waals surface area contributed by atoms with Crippen LogP contribution in [-0.2, 0) is 4.74 Å². The highest BCUT2D eigenvalue weighted by Gasteiger charge is 2.28. The highest BCUT2D eigenvalue weighted by molar-refractivity contribution is 5.67. The van der Waals surface area contributed by atoms with Crippen molar-refractivity contribution in [2.75, 3.05) is 23.8 Å². The van der Waals surface area contributed by atoms with Crippen LogP contribution in [0, 0.1) is 0 Å². The molecule has 1 aromatic carbocycles. The molecule has 0 aromatic heterocycles. The van der Waals surface area contributed by atoms with Crippen molar-refractivity contribution in [1.29, 1.82) is 0 Å². The smallest absolute Gasteiger partial charge is 0.131 e. The predicted molar refractivity (Wildman–Crippen MR) is 107 cm³/mol. The molecule has 0 aliphatic carbocycles. The largest absolute Gasteiger partial charge is 0.397 e. The van der Waals surface area contributed by atoms with Gasteiger partial charge < -0.3 is 15.4 Å². The monoisotopic (exact) mass is 341 g/mol.